The molecule has 4 N–H and O–H groups in total. The van der Waals surface area contributed by atoms with Crippen LogP contribution in [0.3, 0.4) is 0 Å². The Labute approximate surface area is 192 Å². The molecule has 0 bridgehead atoms. The number of fused-ring (bicyclic) bond motifs is 1. The minimum absolute atomic E-state index is 0.0712. The fourth-order valence-electron chi connectivity index (χ4n) is 3.93. The summed E-state index contributed by atoms with van der Waals surface area (Å²) in [6.45, 7) is 5.54. The number of hydrogen-bond acceptors (Lipinski definition) is 7. The predicted octanol–water partition coefficient (Wildman–Crippen LogP) is 3.14. The monoisotopic (exact) mass is 451 g/mol. The molecule has 10 heteroatoms. The molecule has 4 rings (SSSR count). The van der Waals surface area contributed by atoms with Gasteiger partial charge < -0.3 is 25.5 Å². The molecule has 1 aliphatic rings. The first kappa shape index (κ1) is 22.5. The molecular weight excluding hydrogens is 422 g/mol. The molecule has 0 radical (unpaired) electrons. The Morgan fingerprint density at radius 1 is 1.06 bits per heavy atom. The number of pyridine rings is 1. The number of imidazole rings is 1. The van der Waals surface area contributed by atoms with Crippen LogP contribution in [-0.4, -0.2) is 49.0 Å². The fraction of sp³-hybridized carbons (Fsp3) is 0.435. The second-order valence-corrected chi connectivity index (χ2v) is 9.27. The van der Waals surface area contributed by atoms with Crippen LogP contribution >= 0.6 is 0 Å². The highest BCUT2D eigenvalue weighted by molar-refractivity contribution is 5.92. The minimum atomic E-state index is -0.594. The Morgan fingerprint density at radius 2 is 1.73 bits per heavy atom. The minimum Gasteiger partial charge on any atom is -0.444 e. The van der Waals surface area contributed by atoms with Crippen molar-refractivity contribution in [3.8, 4) is 11.3 Å². The molecule has 2 amide bonds. The lowest BCUT2D eigenvalue weighted by molar-refractivity contribution is 0.0492. The molecule has 0 spiro atoms. The number of anilines is 1. The van der Waals surface area contributed by atoms with E-state index in [1.165, 1.54) is 0 Å². The Morgan fingerprint density at radius 3 is 2.36 bits per heavy atom. The number of primary amides is 1. The van der Waals surface area contributed by atoms with E-state index < -0.39 is 11.5 Å². The summed E-state index contributed by atoms with van der Waals surface area (Å²) in [6, 6.07) is 3.97. The third kappa shape index (κ3) is 5.57. The van der Waals surface area contributed by atoms with Gasteiger partial charge in [0, 0.05) is 42.4 Å². The summed E-state index contributed by atoms with van der Waals surface area (Å²) in [6.07, 6.45) is 9.77. The molecule has 10 nitrogen and oxygen atoms in total. The van der Waals surface area contributed by atoms with Gasteiger partial charge in [-0.25, -0.2) is 14.8 Å². The molecular formula is C23H29N7O3. The number of rotatable bonds is 5. The molecule has 0 unspecified atom stereocenters. The number of nitrogens with one attached hydrogen (secondary N) is 2. The van der Waals surface area contributed by atoms with Crippen molar-refractivity contribution >= 4 is 23.5 Å². The molecule has 0 atom stereocenters. The third-order valence-electron chi connectivity index (χ3n) is 5.46. The maximum absolute atomic E-state index is 12.1. The molecule has 1 saturated carbocycles. The van der Waals surface area contributed by atoms with Gasteiger partial charge in [0.1, 0.15) is 11.3 Å². The van der Waals surface area contributed by atoms with Crippen molar-refractivity contribution in [2.24, 2.45) is 5.73 Å². The van der Waals surface area contributed by atoms with Crippen molar-refractivity contribution in [2.75, 3.05) is 5.32 Å². The quantitative estimate of drug-likeness (QED) is 0.542. The summed E-state index contributed by atoms with van der Waals surface area (Å²) in [5, 5.41) is 6.45. The van der Waals surface area contributed by atoms with Crippen molar-refractivity contribution in [3.63, 3.8) is 0 Å². The van der Waals surface area contributed by atoms with E-state index in [2.05, 4.69) is 20.6 Å². The van der Waals surface area contributed by atoms with E-state index in [0.717, 1.165) is 36.9 Å². The first-order valence-electron chi connectivity index (χ1n) is 11.0. The van der Waals surface area contributed by atoms with Gasteiger partial charge in [0.25, 0.3) is 5.91 Å². The summed E-state index contributed by atoms with van der Waals surface area (Å²) >= 11 is 0. The van der Waals surface area contributed by atoms with Crippen LogP contribution < -0.4 is 16.4 Å². The van der Waals surface area contributed by atoms with Crippen LogP contribution in [0.2, 0.25) is 0 Å². The lowest BCUT2D eigenvalue weighted by Gasteiger charge is -2.30. The van der Waals surface area contributed by atoms with E-state index in [9.17, 15) is 9.59 Å². The number of nitrogens with zero attached hydrogens (tertiary/aromatic N) is 4. The van der Waals surface area contributed by atoms with Crippen LogP contribution in [0.4, 0.5) is 10.6 Å². The highest BCUT2D eigenvalue weighted by Crippen LogP contribution is 2.27. The van der Waals surface area contributed by atoms with E-state index in [4.69, 9.17) is 15.5 Å². The topological polar surface area (TPSA) is 137 Å². The summed E-state index contributed by atoms with van der Waals surface area (Å²) < 4.78 is 7.12. The summed E-state index contributed by atoms with van der Waals surface area (Å²) in [4.78, 5) is 37.0. The maximum Gasteiger partial charge on any atom is 0.407 e. The van der Waals surface area contributed by atoms with Gasteiger partial charge in [-0.3, -0.25) is 9.78 Å². The molecule has 0 aliphatic heterocycles. The molecule has 3 aromatic heterocycles. The van der Waals surface area contributed by atoms with Crippen LogP contribution in [0.15, 0.2) is 36.9 Å². The van der Waals surface area contributed by atoms with Crippen LogP contribution in [-0.2, 0) is 4.74 Å². The zero-order chi connectivity index (χ0) is 23.6. The van der Waals surface area contributed by atoms with Gasteiger partial charge in [-0.05, 0) is 58.6 Å². The van der Waals surface area contributed by atoms with Gasteiger partial charge in [-0.2, -0.15) is 0 Å². The third-order valence-corrected chi connectivity index (χ3v) is 5.46. The number of carbonyl (C=O) groups excluding carboxylic acids is 2. The zero-order valence-corrected chi connectivity index (χ0v) is 19.0. The Hall–Kier alpha value is -3.69. The molecule has 0 saturated heterocycles. The van der Waals surface area contributed by atoms with Gasteiger partial charge in [-0.1, -0.05) is 0 Å². The maximum atomic E-state index is 12.1. The lowest BCUT2D eigenvalue weighted by Crippen LogP contribution is -2.42. The molecule has 1 fully saturated rings. The average molecular weight is 452 g/mol. The molecule has 0 aromatic carbocycles. The van der Waals surface area contributed by atoms with E-state index >= 15 is 0 Å². The van der Waals surface area contributed by atoms with Crippen LogP contribution in [0.5, 0.6) is 0 Å². The van der Waals surface area contributed by atoms with Crippen molar-refractivity contribution in [1.29, 1.82) is 0 Å². The highest BCUT2D eigenvalue weighted by Gasteiger charge is 2.26. The van der Waals surface area contributed by atoms with E-state index in [-0.39, 0.29) is 23.9 Å². The summed E-state index contributed by atoms with van der Waals surface area (Å²) in [5.41, 5.74) is 7.26. The number of alkyl carbamates (subject to hydrolysis) is 1. The number of nitrogens with two attached hydrogens (primary N) is 1. The average Bonchev–Trinajstić information content (AvgIpc) is 3.19. The van der Waals surface area contributed by atoms with Crippen molar-refractivity contribution in [2.45, 2.75) is 64.1 Å². The van der Waals surface area contributed by atoms with Crippen molar-refractivity contribution in [1.82, 2.24) is 24.7 Å². The number of carbonyl (C=O) groups is 2. The van der Waals surface area contributed by atoms with E-state index in [1.54, 1.807) is 23.0 Å². The van der Waals surface area contributed by atoms with Crippen LogP contribution in [0.25, 0.3) is 16.9 Å². The number of ether oxygens (including phenoxy) is 1. The Balaban J connectivity index is 1.50. The van der Waals surface area contributed by atoms with Gasteiger partial charge in [-0.15, -0.1) is 0 Å². The largest absolute Gasteiger partial charge is 0.444 e. The molecule has 1 aliphatic carbocycles. The highest BCUT2D eigenvalue weighted by atomic mass is 16.6. The molecule has 174 valence electrons. The van der Waals surface area contributed by atoms with Crippen molar-refractivity contribution < 1.29 is 14.3 Å². The van der Waals surface area contributed by atoms with Gasteiger partial charge in [0.05, 0.1) is 5.69 Å². The van der Waals surface area contributed by atoms with Crippen molar-refractivity contribution in [3.05, 3.63) is 42.6 Å². The fourth-order valence-corrected chi connectivity index (χ4v) is 3.93. The van der Waals surface area contributed by atoms with E-state index in [1.807, 2.05) is 39.1 Å². The number of hydrogen-bond donors (Lipinski definition) is 3. The lowest BCUT2D eigenvalue weighted by atomic mass is 9.91. The van der Waals surface area contributed by atoms with E-state index in [0.29, 0.717) is 11.5 Å². The van der Waals surface area contributed by atoms with Crippen LogP contribution in [0.1, 0.15) is 56.9 Å². The smallest absolute Gasteiger partial charge is 0.407 e. The first-order valence-corrected chi connectivity index (χ1v) is 11.0. The number of aromatic nitrogens is 4. The molecule has 33 heavy (non-hydrogen) atoms. The molecule has 3 aromatic rings. The predicted molar refractivity (Wildman–Crippen MR) is 124 cm³/mol. The molecule has 3 heterocycles. The van der Waals surface area contributed by atoms with Crippen LogP contribution in [0, 0.1) is 0 Å². The number of amides is 2. The van der Waals surface area contributed by atoms with Gasteiger partial charge >= 0.3 is 6.09 Å². The second-order valence-electron chi connectivity index (χ2n) is 9.27. The Kier molecular flexibility index (Phi) is 6.17. The summed E-state index contributed by atoms with van der Waals surface area (Å²) in [5.74, 6) is -0.01000. The van der Waals surface area contributed by atoms with Gasteiger partial charge in [0.2, 0.25) is 0 Å². The standard InChI is InChI=1S/C23H29N7O3/c1-23(2,3)33-22(32)27-16-6-4-15(5-7-16)26-20-21-29-18(19(24)31)13-30(21)12-17(28-20)14-8-10-25-11-9-14/h8-13,15-16H,4-7H2,1-3H3,(H2,24,31)(H,26,28)(H,27,32). The Bertz CT molecular complexity index is 1150. The zero-order valence-electron chi connectivity index (χ0n) is 19.0. The van der Waals surface area contributed by atoms with Gasteiger partial charge in [0.15, 0.2) is 11.5 Å². The normalized spacial score (nSPS) is 18.6. The SMILES string of the molecule is CC(C)(C)OC(=O)NC1CCC(Nc2nc(-c3ccncc3)cn3cc(C(N)=O)nc23)CC1. The second kappa shape index (κ2) is 9.05. The summed E-state index contributed by atoms with van der Waals surface area (Å²) in [7, 11) is 0. The first-order chi connectivity index (χ1) is 15.7.